The summed E-state index contributed by atoms with van der Waals surface area (Å²) >= 11 is 0. The molecule has 216 valence electrons. The summed E-state index contributed by atoms with van der Waals surface area (Å²) in [7, 11) is 4.66. The zero-order valence-corrected chi connectivity index (χ0v) is 23.1. The standard InChI is InChI=1S/C29H41NO9/c1-34-15-16-38-21-37-14-8-7-11-24(31)18-25(32)19-26(23-12-13-27(35-2)28(17-23)36-3)30-29(33)39-20-22-9-5-4-6-10-22/h4-6,9-10,12-13,17,25-26,32H,7-8,11,14-16,18-21H2,1-3H3,(H,30,33)/t25-,26-/m0/s1. The van der Waals surface area contributed by atoms with Crippen molar-refractivity contribution < 1.29 is 43.1 Å². The SMILES string of the molecule is COCCOCOCCCCC(=O)C[C@H](O)C[C@H](NC(=O)OCc1ccccc1)c1ccc(OC)c(OC)c1. The Hall–Kier alpha value is -3.18. The third-order valence-corrected chi connectivity index (χ3v) is 5.88. The molecular formula is C29H41NO9. The van der Waals surface area contributed by atoms with Crippen molar-refractivity contribution in [3.63, 3.8) is 0 Å². The van der Waals surface area contributed by atoms with Crippen molar-refractivity contribution in [3.05, 3.63) is 59.7 Å². The van der Waals surface area contributed by atoms with Gasteiger partial charge in [0.25, 0.3) is 0 Å². The normalized spacial score (nSPS) is 12.4. The van der Waals surface area contributed by atoms with E-state index in [4.69, 9.17) is 28.4 Å². The summed E-state index contributed by atoms with van der Waals surface area (Å²) in [6.45, 7) is 1.76. The smallest absolute Gasteiger partial charge is 0.407 e. The van der Waals surface area contributed by atoms with Gasteiger partial charge in [-0.05, 0) is 42.5 Å². The monoisotopic (exact) mass is 547 g/mol. The van der Waals surface area contributed by atoms with Crippen molar-refractivity contribution in [1.29, 1.82) is 0 Å². The lowest BCUT2D eigenvalue weighted by molar-refractivity contribution is -0.121. The molecule has 0 aromatic heterocycles. The van der Waals surface area contributed by atoms with E-state index < -0.39 is 18.2 Å². The molecule has 0 aliphatic rings. The van der Waals surface area contributed by atoms with Gasteiger partial charge in [-0.3, -0.25) is 4.79 Å². The summed E-state index contributed by atoms with van der Waals surface area (Å²) in [4.78, 5) is 25.1. The van der Waals surface area contributed by atoms with Gasteiger partial charge in [0.15, 0.2) is 11.5 Å². The fourth-order valence-corrected chi connectivity index (χ4v) is 3.82. The number of aliphatic hydroxyl groups is 1. The molecule has 0 aliphatic carbocycles. The Kier molecular flexibility index (Phi) is 15.6. The van der Waals surface area contributed by atoms with Crippen LogP contribution in [0.2, 0.25) is 0 Å². The van der Waals surface area contributed by atoms with Crippen LogP contribution in [0.3, 0.4) is 0 Å². The van der Waals surface area contributed by atoms with Gasteiger partial charge in [-0.15, -0.1) is 0 Å². The van der Waals surface area contributed by atoms with Crippen LogP contribution in [-0.2, 0) is 30.3 Å². The number of rotatable bonds is 20. The highest BCUT2D eigenvalue weighted by atomic mass is 16.7. The van der Waals surface area contributed by atoms with Crippen LogP contribution in [0, 0.1) is 0 Å². The number of alkyl carbamates (subject to hydrolysis) is 1. The molecule has 39 heavy (non-hydrogen) atoms. The van der Waals surface area contributed by atoms with E-state index >= 15 is 0 Å². The van der Waals surface area contributed by atoms with Crippen molar-refractivity contribution in [3.8, 4) is 11.5 Å². The van der Waals surface area contributed by atoms with Crippen molar-refractivity contribution >= 4 is 11.9 Å². The minimum absolute atomic E-state index is 0.0223. The molecular weight excluding hydrogens is 506 g/mol. The van der Waals surface area contributed by atoms with Gasteiger partial charge < -0.3 is 38.8 Å². The number of unbranched alkanes of at least 4 members (excludes halogenated alkanes) is 1. The first-order chi connectivity index (χ1) is 19.0. The molecule has 2 aromatic carbocycles. The maximum Gasteiger partial charge on any atom is 0.407 e. The van der Waals surface area contributed by atoms with E-state index in [9.17, 15) is 14.7 Å². The third kappa shape index (κ3) is 12.9. The van der Waals surface area contributed by atoms with Gasteiger partial charge in [0.2, 0.25) is 0 Å². The number of carbonyl (C=O) groups is 2. The van der Waals surface area contributed by atoms with E-state index in [1.807, 2.05) is 30.3 Å². The van der Waals surface area contributed by atoms with Gasteiger partial charge in [-0.25, -0.2) is 4.79 Å². The van der Waals surface area contributed by atoms with Crippen LogP contribution >= 0.6 is 0 Å². The highest BCUT2D eigenvalue weighted by Crippen LogP contribution is 2.31. The molecule has 0 saturated carbocycles. The predicted molar refractivity (Wildman–Crippen MR) is 145 cm³/mol. The molecule has 0 unspecified atom stereocenters. The van der Waals surface area contributed by atoms with Crippen LogP contribution in [0.4, 0.5) is 4.79 Å². The maximum atomic E-state index is 12.6. The van der Waals surface area contributed by atoms with E-state index in [1.165, 1.54) is 14.2 Å². The van der Waals surface area contributed by atoms with Crippen molar-refractivity contribution in [2.45, 2.75) is 50.9 Å². The van der Waals surface area contributed by atoms with E-state index in [-0.39, 0.29) is 32.0 Å². The molecule has 0 fully saturated rings. The molecule has 10 heteroatoms. The average molecular weight is 548 g/mol. The number of methoxy groups -OCH3 is 3. The molecule has 0 aliphatic heterocycles. The highest BCUT2D eigenvalue weighted by molar-refractivity contribution is 5.78. The lowest BCUT2D eigenvalue weighted by Crippen LogP contribution is -2.32. The molecule has 0 heterocycles. The summed E-state index contributed by atoms with van der Waals surface area (Å²) in [6.07, 6.45) is 0.178. The fraction of sp³-hybridized carbons (Fsp3) is 0.517. The molecule has 0 radical (unpaired) electrons. The molecule has 0 spiro atoms. The largest absolute Gasteiger partial charge is 0.493 e. The number of hydrogen-bond acceptors (Lipinski definition) is 9. The first-order valence-corrected chi connectivity index (χ1v) is 13.0. The van der Waals surface area contributed by atoms with Gasteiger partial charge >= 0.3 is 6.09 Å². The zero-order chi connectivity index (χ0) is 28.3. The summed E-state index contributed by atoms with van der Waals surface area (Å²) in [5, 5.41) is 13.5. The number of hydrogen-bond donors (Lipinski definition) is 2. The van der Waals surface area contributed by atoms with Gasteiger partial charge in [0, 0.05) is 26.6 Å². The van der Waals surface area contributed by atoms with Gasteiger partial charge in [0.05, 0.1) is 39.6 Å². The average Bonchev–Trinajstić information content (AvgIpc) is 2.95. The number of nitrogens with one attached hydrogen (secondary N) is 1. The van der Waals surface area contributed by atoms with Crippen LogP contribution in [0.25, 0.3) is 0 Å². The number of carbonyl (C=O) groups excluding carboxylic acids is 2. The maximum absolute atomic E-state index is 12.6. The van der Waals surface area contributed by atoms with Crippen LogP contribution in [0.1, 0.15) is 49.3 Å². The third-order valence-electron chi connectivity index (χ3n) is 5.88. The Morgan fingerprint density at radius 1 is 0.897 bits per heavy atom. The summed E-state index contributed by atoms with van der Waals surface area (Å²) in [5.74, 6) is 0.959. The van der Waals surface area contributed by atoms with Gasteiger partial charge in [-0.2, -0.15) is 0 Å². The quantitative estimate of drug-likeness (QED) is 0.186. The van der Waals surface area contributed by atoms with Gasteiger partial charge in [0.1, 0.15) is 19.2 Å². The lowest BCUT2D eigenvalue weighted by atomic mass is 9.96. The van der Waals surface area contributed by atoms with Crippen LogP contribution < -0.4 is 14.8 Å². The summed E-state index contributed by atoms with van der Waals surface area (Å²) < 4.78 is 31.5. The Labute approximate surface area is 230 Å². The Morgan fingerprint density at radius 2 is 1.64 bits per heavy atom. The number of amides is 1. The highest BCUT2D eigenvalue weighted by Gasteiger charge is 2.23. The Bertz CT molecular complexity index is 970. The summed E-state index contributed by atoms with van der Waals surface area (Å²) in [5.41, 5.74) is 1.53. The number of benzene rings is 2. The summed E-state index contributed by atoms with van der Waals surface area (Å²) in [6, 6.07) is 13.9. The van der Waals surface area contributed by atoms with E-state index in [0.717, 1.165) is 5.56 Å². The molecule has 0 saturated heterocycles. The van der Waals surface area contributed by atoms with Crippen molar-refractivity contribution in [1.82, 2.24) is 5.32 Å². The molecule has 0 bridgehead atoms. The Morgan fingerprint density at radius 3 is 2.36 bits per heavy atom. The minimum atomic E-state index is -0.963. The minimum Gasteiger partial charge on any atom is -0.493 e. The second kappa shape index (κ2) is 19.0. The number of Topliss-reactive ketones (excluding diaryl/α,β-unsaturated/α-hetero) is 1. The van der Waals surface area contributed by atoms with E-state index in [0.29, 0.717) is 56.1 Å². The van der Waals surface area contributed by atoms with Crippen LogP contribution in [0.5, 0.6) is 11.5 Å². The van der Waals surface area contributed by atoms with E-state index in [1.54, 1.807) is 25.3 Å². The zero-order valence-electron chi connectivity index (χ0n) is 23.1. The molecule has 2 aromatic rings. The topological polar surface area (TPSA) is 122 Å². The first-order valence-electron chi connectivity index (χ1n) is 13.0. The molecule has 2 N–H and O–H groups in total. The molecule has 2 rings (SSSR count). The molecule has 10 nitrogen and oxygen atoms in total. The number of aliphatic hydroxyl groups excluding tert-OH is 1. The number of ketones is 1. The second-order valence-corrected chi connectivity index (χ2v) is 8.89. The van der Waals surface area contributed by atoms with Gasteiger partial charge in [-0.1, -0.05) is 36.4 Å². The predicted octanol–water partition coefficient (Wildman–Crippen LogP) is 4.19. The fourth-order valence-electron chi connectivity index (χ4n) is 3.82. The first kappa shape index (κ1) is 32.0. The molecule has 2 atom stereocenters. The van der Waals surface area contributed by atoms with Crippen LogP contribution in [-0.4, -0.2) is 71.0 Å². The van der Waals surface area contributed by atoms with E-state index in [2.05, 4.69) is 5.32 Å². The molecule has 1 amide bonds. The second-order valence-electron chi connectivity index (χ2n) is 8.89. The Balaban J connectivity index is 1.88. The lowest BCUT2D eigenvalue weighted by Gasteiger charge is -2.23. The van der Waals surface area contributed by atoms with Crippen molar-refractivity contribution in [2.24, 2.45) is 0 Å². The van der Waals surface area contributed by atoms with Crippen LogP contribution in [0.15, 0.2) is 48.5 Å². The number of ether oxygens (including phenoxy) is 6. The van der Waals surface area contributed by atoms with Crippen molar-refractivity contribution in [2.75, 3.05) is 47.9 Å².